The molecular weight excluding hydrogens is 401 g/mol. The highest BCUT2D eigenvalue weighted by Crippen LogP contribution is 2.39. The number of halogens is 9. The summed E-state index contributed by atoms with van der Waals surface area (Å²) < 4.78 is 119. The van der Waals surface area contributed by atoms with E-state index in [-0.39, 0.29) is 11.0 Å². The molecule has 0 aliphatic heterocycles. The molecule has 0 bridgehead atoms. The quantitative estimate of drug-likeness (QED) is 0.777. The second-order valence-corrected chi connectivity index (χ2v) is 5.26. The van der Waals surface area contributed by atoms with E-state index >= 15 is 0 Å². The molecule has 1 heterocycles. The fraction of sp³-hybridized carbons (Fsp3) is 0.385. The van der Waals surface area contributed by atoms with Crippen LogP contribution in [0.1, 0.15) is 5.56 Å². The van der Waals surface area contributed by atoms with Gasteiger partial charge in [-0.3, -0.25) is 9.51 Å². The molecule has 150 valence electrons. The van der Waals surface area contributed by atoms with E-state index in [1.165, 1.54) is 0 Å². The van der Waals surface area contributed by atoms with Crippen LogP contribution in [0.3, 0.4) is 0 Å². The maximum atomic E-state index is 13.2. The van der Waals surface area contributed by atoms with E-state index in [0.717, 1.165) is 0 Å². The number of hydrogen-bond donors (Lipinski definition) is 1. The average molecular weight is 409 g/mol. The Balaban J connectivity index is 2.56. The zero-order valence-electron chi connectivity index (χ0n) is 12.8. The first kappa shape index (κ1) is 20.6. The zero-order chi connectivity index (χ0) is 20.6. The molecule has 5 nitrogen and oxygen atoms in total. The fourth-order valence-corrected chi connectivity index (χ4v) is 2.19. The number of rotatable bonds is 4. The van der Waals surface area contributed by atoms with Gasteiger partial charge in [0.2, 0.25) is 0 Å². The molecule has 2 rings (SSSR count). The van der Waals surface area contributed by atoms with Crippen LogP contribution in [0.2, 0.25) is 0 Å². The van der Waals surface area contributed by atoms with Crippen molar-refractivity contribution < 1.29 is 44.0 Å². The highest BCUT2D eigenvalue weighted by molar-refractivity contribution is 5.66. The average Bonchev–Trinajstić information content (AvgIpc) is 2.88. The van der Waals surface area contributed by atoms with Crippen molar-refractivity contribution in [1.29, 1.82) is 0 Å². The van der Waals surface area contributed by atoms with Gasteiger partial charge in [-0.25, -0.2) is 4.79 Å². The number of alkyl halides is 9. The Morgan fingerprint density at radius 2 is 1.52 bits per heavy atom. The molecule has 0 aliphatic rings. The van der Waals surface area contributed by atoms with Crippen LogP contribution in [-0.4, -0.2) is 35.6 Å². The molecule has 0 saturated heterocycles. The Bertz CT molecular complexity index is 832. The summed E-state index contributed by atoms with van der Waals surface area (Å²) in [7, 11) is 0. The molecule has 0 saturated carbocycles. The van der Waals surface area contributed by atoms with Crippen LogP contribution in [0.15, 0.2) is 27.5 Å². The van der Waals surface area contributed by atoms with Gasteiger partial charge in [-0.1, -0.05) is 5.16 Å². The van der Waals surface area contributed by atoms with E-state index in [2.05, 4.69) is 9.68 Å². The van der Waals surface area contributed by atoms with Crippen LogP contribution in [0.5, 0.6) is 0 Å². The molecule has 0 aliphatic carbocycles. The summed E-state index contributed by atoms with van der Waals surface area (Å²) in [4.78, 5) is 12.4. The van der Waals surface area contributed by atoms with Gasteiger partial charge in [0, 0.05) is 11.3 Å². The van der Waals surface area contributed by atoms with E-state index in [1.54, 1.807) is 0 Å². The highest BCUT2D eigenvalue weighted by atomic mass is 19.4. The predicted molar refractivity (Wildman–Crippen MR) is 71.9 cm³/mol. The SMILES string of the molecule is O=c1[nH]c(-c2ccc(N(CC(F)(F)F)CC(F)(F)F)cc2C(F)(F)F)no1. The van der Waals surface area contributed by atoms with Crippen molar-refractivity contribution in [3.05, 3.63) is 34.3 Å². The van der Waals surface area contributed by atoms with E-state index in [1.807, 2.05) is 4.98 Å². The summed E-state index contributed by atoms with van der Waals surface area (Å²) in [6.45, 7) is -4.24. The lowest BCUT2D eigenvalue weighted by Gasteiger charge is -2.28. The van der Waals surface area contributed by atoms with Crippen LogP contribution in [0.25, 0.3) is 11.4 Å². The third-order valence-electron chi connectivity index (χ3n) is 3.11. The van der Waals surface area contributed by atoms with Crippen molar-refractivity contribution >= 4 is 5.69 Å². The second kappa shape index (κ2) is 6.81. The lowest BCUT2D eigenvalue weighted by molar-refractivity contribution is -0.137. The maximum absolute atomic E-state index is 13.2. The maximum Gasteiger partial charge on any atom is 0.439 e. The number of nitrogens with zero attached hydrogens (tertiary/aromatic N) is 2. The minimum absolute atomic E-state index is 0.111. The van der Waals surface area contributed by atoms with Crippen LogP contribution in [-0.2, 0) is 6.18 Å². The molecular formula is C13H8F9N3O2. The van der Waals surface area contributed by atoms with Crippen LogP contribution < -0.4 is 10.7 Å². The third kappa shape index (κ3) is 5.65. The first-order chi connectivity index (χ1) is 12.2. The molecule has 1 aromatic carbocycles. The summed E-state index contributed by atoms with van der Waals surface area (Å²) in [5, 5.41) is 3.04. The van der Waals surface area contributed by atoms with Gasteiger partial charge in [-0.05, 0) is 18.2 Å². The number of anilines is 1. The molecule has 0 amide bonds. The summed E-state index contributed by atoms with van der Waals surface area (Å²) >= 11 is 0. The number of H-pyrrole nitrogens is 1. The minimum atomic E-state index is -5.16. The fourth-order valence-electron chi connectivity index (χ4n) is 2.19. The van der Waals surface area contributed by atoms with Gasteiger partial charge in [0.05, 0.1) is 5.56 Å². The Morgan fingerprint density at radius 3 is 1.93 bits per heavy atom. The van der Waals surface area contributed by atoms with Crippen molar-refractivity contribution in [3.8, 4) is 11.4 Å². The van der Waals surface area contributed by atoms with Gasteiger partial charge in [0.25, 0.3) is 0 Å². The smallest absolute Gasteiger partial charge is 0.353 e. The van der Waals surface area contributed by atoms with Crippen LogP contribution in [0, 0.1) is 0 Å². The standard InChI is InChI=1S/C13H8F9N3O2/c14-11(15,16)4-25(5-12(17,18)19)6-1-2-7(8(3-6)13(20,21)22)9-23-10(26)27-24-9/h1-3H,4-5H2,(H,23,24,26). The van der Waals surface area contributed by atoms with E-state index in [4.69, 9.17) is 0 Å². The largest absolute Gasteiger partial charge is 0.439 e. The third-order valence-corrected chi connectivity index (χ3v) is 3.11. The van der Waals surface area contributed by atoms with Gasteiger partial charge >= 0.3 is 24.3 Å². The molecule has 27 heavy (non-hydrogen) atoms. The Kier molecular flexibility index (Phi) is 5.21. The van der Waals surface area contributed by atoms with Crippen LogP contribution >= 0.6 is 0 Å². The Labute approximate surface area is 143 Å². The molecule has 0 radical (unpaired) electrons. The van der Waals surface area contributed by atoms with E-state index in [0.29, 0.717) is 12.1 Å². The van der Waals surface area contributed by atoms with Crippen molar-refractivity contribution in [1.82, 2.24) is 10.1 Å². The topological polar surface area (TPSA) is 62.1 Å². The van der Waals surface area contributed by atoms with Gasteiger partial charge in [-0.15, -0.1) is 0 Å². The number of aromatic nitrogens is 2. The number of benzene rings is 1. The van der Waals surface area contributed by atoms with Crippen molar-refractivity contribution in [2.75, 3.05) is 18.0 Å². The summed E-state index contributed by atoms with van der Waals surface area (Å²) in [6, 6.07) is 1.32. The first-order valence-corrected chi connectivity index (χ1v) is 6.82. The molecule has 0 atom stereocenters. The number of aromatic amines is 1. The summed E-state index contributed by atoms with van der Waals surface area (Å²) in [5.74, 6) is -1.88. The van der Waals surface area contributed by atoms with Gasteiger partial charge in [0.15, 0.2) is 5.82 Å². The van der Waals surface area contributed by atoms with Gasteiger partial charge < -0.3 is 4.90 Å². The number of hydrogen-bond acceptors (Lipinski definition) is 4. The molecule has 14 heteroatoms. The lowest BCUT2D eigenvalue weighted by Crippen LogP contribution is -2.40. The van der Waals surface area contributed by atoms with E-state index < -0.39 is 60.0 Å². The zero-order valence-corrected chi connectivity index (χ0v) is 12.8. The molecule has 0 fully saturated rings. The molecule has 0 spiro atoms. The Hall–Kier alpha value is -2.67. The summed E-state index contributed by atoms with van der Waals surface area (Å²) in [6.07, 6.45) is -15.4. The first-order valence-electron chi connectivity index (χ1n) is 6.82. The predicted octanol–water partition coefficient (Wildman–Crippen LogP) is 3.98. The molecule has 0 unspecified atom stereocenters. The monoisotopic (exact) mass is 409 g/mol. The Morgan fingerprint density at radius 1 is 0.963 bits per heavy atom. The van der Waals surface area contributed by atoms with Gasteiger partial charge in [-0.2, -0.15) is 39.5 Å². The van der Waals surface area contributed by atoms with Gasteiger partial charge in [0.1, 0.15) is 13.1 Å². The minimum Gasteiger partial charge on any atom is -0.353 e. The second-order valence-electron chi connectivity index (χ2n) is 5.26. The van der Waals surface area contributed by atoms with Crippen molar-refractivity contribution in [2.45, 2.75) is 18.5 Å². The highest BCUT2D eigenvalue weighted by Gasteiger charge is 2.40. The van der Waals surface area contributed by atoms with Crippen molar-refractivity contribution in [3.63, 3.8) is 0 Å². The number of nitrogens with one attached hydrogen (secondary N) is 1. The van der Waals surface area contributed by atoms with Crippen molar-refractivity contribution in [2.24, 2.45) is 0 Å². The molecule has 2 aromatic rings. The summed E-state index contributed by atoms with van der Waals surface area (Å²) in [5.41, 5.74) is -3.35. The molecule has 1 aromatic heterocycles. The van der Waals surface area contributed by atoms with Crippen LogP contribution in [0.4, 0.5) is 45.2 Å². The lowest BCUT2D eigenvalue weighted by atomic mass is 10.0. The normalized spacial score (nSPS) is 13.1. The van der Waals surface area contributed by atoms with E-state index in [9.17, 15) is 44.3 Å². The molecule has 1 N–H and O–H groups in total.